The van der Waals surface area contributed by atoms with Gasteiger partial charge in [-0.05, 0) is 53.1 Å². The van der Waals surface area contributed by atoms with Gasteiger partial charge in [0.1, 0.15) is 12.4 Å². The summed E-state index contributed by atoms with van der Waals surface area (Å²) in [6, 6.07) is 22.6. The normalized spacial score (nSPS) is 10.8. The van der Waals surface area contributed by atoms with Crippen LogP contribution in [0.3, 0.4) is 0 Å². The summed E-state index contributed by atoms with van der Waals surface area (Å²) in [6.07, 6.45) is 1.86. The van der Waals surface area contributed by atoms with Crippen LogP contribution in [0.2, 0.25) is 5.02 Å². The van der Waals surface area contributed by atoms with Gasteiger partial charge >= 0.3 is 0 Å². The van der Waals surface area contributed by atoms with Gasteiger partial charge in [0.05, 0.1) is 12.6 Å². The number of rotatable bonds is 7. The zero-order valence-corrected chi connectivity index (χ0v) is 17.3. The third kappa shape index (κ3) is 6.51. The van der Waals surface area contributed by atoms with Gasteiger partial charge in [0.15, 0.2) is 0 Å². The second-order valence-electron chi connectivity index (χ2n) is 6.09. The Morgan fingerprint density at radius 2 is 1.82 bits per heavy atom. The fourth-order valence-corrected chi connectivity index (χ4v) is 2.96. The van der Waals surface area contributed by atoms with Gasteiger partial charge in [-0.3, -0.25) is 4.79 Å². The highest BCUT2D eigenvalue weighted by Gasteiger charge is 2.02. The van der Waals surface area contributed by atoms with Crippen molar-refractivity contribution in [3.05, 3.63) is 99.0 Å². The molecule has 0 aliphatic carbocycles. The van der Waals surface area contributed by atoms with E-state index in [0.717, 1.165) is 21.2 Å². The lowest BCUT2D eigenvalue weighted by atomic mass is 10.1. The van der Waals surface area contributed by atoms with Gasteiger partial charge in [-0.1, -0.05) is 63.9 Å². The molecule has 0 bridgehead atoms. The number of nitrogens with zero attached hydrogens (tertiary/aromatic N) is 1. The molecule has 0 saturated carbocycles. The number of benzene rings is 3. The van der Waals surface area contributed by atoms with Gasteiger partial charge in [-0.15, -0.1) is 0 Å². The Hall–Kier alpha value is -2.63. The van der Waals surface area contributed by atoms with E-state index in [0.29, 0.717) is 17.4 Å². The second-order valence-corrected chi connectivity index (χ2v) is 7.44. The number of hydrazone groups is 1. The molecule has 0 aliphatic heterocycles. The number of amides is 1. The van der Waals surface area contributed by atoms with E-state index in [1.54, 1.807) is 6.21 Å². The minimum Gasteiger partial charge on any atom is -0.489 e. The molecule has 4 nitrogen and oxygen atoms in total. The number of carbonyl (C=O) groups excluding carboxylic acids is 1. The van der Waals surface area contributed by atoms with E-state index in [1.165, 1.54) is 0 Å². The SMILES string of the molecule is O=C(Cc1ccc(Br)cc1)N/N=C/c1cccc(OCc2cccc(Cl)c2)c1. The highest BCUT2D eigenvalue weighted by molar-refractivity contribution is 9.10. The van der Waals surface area contributed by atoms with Crippen molar-refractivity contribution in [2.45, 2.75) is 13.0 Å². The summed E-state index contributed by atoms with van der Waals surface area (Å²) in [7, 11) is 0. The van der Waals surface area contributed by atoms with Gasteiger partial charge in [0.2, 0.25) is 5.91 Å². The van der Waals surface area contributed by atoms with Crippen molar-refractivity contribution in [1.82, 2.24) is 5.43 Å². The van der Waals surface area contributed by atoms with E-state index in [-0.39, 0.29) is 12.3 Å². The molecule has 3 aromatic carbocycles. The maximum Gasteiger partial charge on any atom is 0.244 e. The van der Waals surface area contributed by atoms with Gasteiger partial charge in [-0.25, -0.2) is 5.43 Å². The summed E-state index contributed by atoms with van der Waals surface area (Å²) in [6.45, 7) is 0.422. The molecule has 0 radical (unpaired) electrons. The summed E-state index contributed by atoms with van der Waals surface area (Å²) in [5, 5.41) is 4.70. The molecule has 28 heavy (non-hydrogen) atoms. The van der Waals surface area contributed by atoms with Crippen LogP contribution >= 0.6 is 27.5 Å². The molecular formula is C22H18BrClN2O2. The molecule has 0 spiro atoms. The Balaban J connectivity index is 1.51. The average molecular weight is 458 g/mol. The van der Waals surface area contributed by atoms with E-state index in [4.69, 9.17) is 16.3 Å². The Labute approximate surface area is 177 Å². The summed E-state index contributed by atoms with van der Waals surface area (Å²) in [5.41, 5.74) is 5.28. The summed E-state index contributed by atoms with van der Waals surface area (Å²) >= 11 is 9.36. The maximum atomic E-state index is 12.0. The zero-order valence-electron chi connectivity index (χ0n) is 14.9. The lowest BCUT2D eigenvalue weighted by Gasteiger charge is -2.07. The first-order chi connectivity index (χ1) is 13.6. The van der Waals surface area contributed by atoms with Crippen LogP contribution in [-0.2, 0) is 17.8 Å². The van der Waals surface area contributed by atoms with E-state index < -0.39 is 0 Å². The van der Waals surface area contributed by atoms with Crippen molar-refractivity contribution >= 4 is 39.7 Å². The Morgan fingerprint density at radius 1 is 1.04 bits per heavy atom. The highest BCUT2D eigenvalue weighted by atomic mass is 79.9. The topological polar surface area (TPSA) is 50.7 Å². The van der Waals surface area contributed by atoms with E-state index in [1.807, 2.05) is 72.8 Å². The van der Waals surface area contributed by atoms with Crippen molar-refractivity contribution in [3.63, 3.8) is 0 Å². The average Bonchev–Trinajstić information content (AvgIpc) is 2.69. The number of hydrogen-bond donors (Lipinski definition) is 1. The summed E-state index contributed by atoms with van der Waals surface area (Å²) in [5.74, 6) is 0.539. The molecule has 1 amide bonds. The Kier molecular flexibility index (Phi) is 7.23. The molecule has 0 unspecified atom stereocenters. The largest absolute Gasteiger partial charge is 0.489 e. The van der Waals surface area contributed by atoms with Crippen LogP contribution in [0.15, 0.2) is 82.4 Å². The van der Waals surface area contributed by atoms with Crippen LogP contribution in [0.25, 0.3) is 0 Å². The van der Waals surface area contributed by atoms with Gasteiger partial charge in [0, 0.05) is 9.50 Å². The number of halogens is 2. The van der Waals surface area contributed by atoms with Crippen LogP contribution in [-0.4, -0.2) is 12.1 Å². The second kappa shape index (κ2) is 10.1. The van der Waals surface area contributed by atoms with Gasteiger partial charge < -0.3 is 4.74 Å². The molecule has 0 fully saturated rings. The molecule has 6 heteroatoms. The Bertz CT molecular complexity index is 974. The first-order valence-electron chi connectivity index (χ1n) is 8.62. The van der Waals surface area contributed by atoms with Crippen LogP contribution in [0.4, 0.5) is 0 Å². The lowest BCUT2D eigenvalue weighted by molar-refractivity contribution is -0.120. The quantitative estimate of drug-likeness (QED) is 0.383. The predicted octanol–water partition coefficient (Wildman–Crippen LogP) is 5.37. The van der Waals surface area contributed by atoms with Crippen LogP contribution in [0.1, 0.15) is 16.7 Å². The number of carbonyl (C=O) groups is 1. The molecule has 0 aromatic heterocycles. The van der Waals surface area contributed by atoms with Crippen LogP contribution in [0.5, 0.6) is 5.75 Å². The Morgan fingerprint density at radius 3 is 2.61 bits per heavy atom. The minimum atomic E-state index is -0.174. The standard InChI is InChI=1S/C22H18BrClN2O2/c23-19-9-7-16(8-10-19)13-22(27)26-25-14-17-3-2-6-21(12-17)28-15-18-4-1-5-20(24)11-18/h1-12,14H,13,15H2,(H,26,27)/b25-14+. The molecule has 1 N–H and O–H groups in total. The van der Waals surface area contributed by atoms with Crippen molar-refractivity contribution in [3.8, 4) is 5.75 Å². The fourth-order valence-electron chi connectivity index (χ4n) is 2.48. The van der Waals surface area contributed by atoms with E-state index >= 15 is 0 Å². The maximum absolute atomic E-state index is 12.0. The molecule has 142 valence electrons. The zero-order chi connectivity index (χ0) is 19.8. The third-order valence-corrected chi connectivity index (χ3v) is 4.60. The summed E-state index contributed by atoms with van der Waals surface area (Å²) < 4.78 is 6.77. The summed E-state index contributed by atoms with van der Waals surface area (Å²) in [4.78, 5) is 12.0. The van der Waals surface area contributed by atoms with Crippen molar-refractivity contribution in [1.29, 1.82) is 0 Å². The van der Waals surface area contributed by atoms with E-state index in [2.05, 4.69) is 26.5 Å². The highest BCUT2D eigenvalue weighted by Crippen LogP contribution is 2.16. The minimum absolute atomic E-state index is 0.174. The molecular weight excluding hydrogens is 440 g/mol. The van der Waals surface area contributed by atoms with Crippen LogP contribution in [0, 0.1) is 0 Å². The van der Waals surface area contributed by atoms with Crippen molar-refractivity contribution in [2.24, 2.45) is 5.10 Å². The third-order valence-electron chi connectivity index (χ3n) is 3.83. The van der Waals surface area contributed by atoms with Crippen LogP contribution < -0.4 is 10.2 Å². The molecule has 0 atom stereocenters. The van der Waals surface area contributed by atoms with Crippen molar-refractivity contribution in [2.75, 3.05) is 0 Å². The first-order valence-corrected chi connectivity index (χ1v) is 9.79. The molecule has 0 heterocycles. The molecule has 0 aliphatic rings. The van der Waals surface area contributed by atoms with Gasteiger partial charge in [0.25, 0.3) is 0 Å². The van der Waals surface area contributed by atoms with Gasteiger partial charge in [-0.2, -0.15) is 5.10 Å². The van der Waals surface area contributed by atoms with E-state index in [9.17, 15) is 4.79 Å². The first kappa shape index (κ1) is 20.1. The lowest BCUT2D eigenvalue weighted by Crippen LogP contribution is -2.19. The predicted molar refractivity (Wildman–Crippen MR) is 116 cm³/mol. The smallest absolute Gasteiger partial charge is 0.244 e. The monoisotopic (exact) mass is 456 g/mol. The molecule has 3 rings (SSSR count). The number of hydrogen-bond acceptors (Lipinski definition) is 3. The molecule has 3 aromatic rings. The molecule has 0 saturated heterocycles. The number of nitrogens with one attached hydrogen (secondary N) is 1. The number of ether oxygens (including phenoxy) is 1. The van der Waals surface area contributed by atoms with Crippen molar-refractivity contribution < 1.29 is 9.53 Å². The fraction of sp³-hybridized carbons (Fsp3) is 0.0909.